The predicted octanol–water partition coefficient (Wildman–Crippen LogP) is 4.27. The summed E-state index contributed by atoms with van der Waals surface area (Å²) in [6.07, 6.45) is 3.41. The van der Waals surface area contributed by atoms with E-state index in [0.717, 1.165) is 16.0 Å². The Hall–Kier alpha value is -4.59. The van der Waals surface area contributed by atoms with Crippen molar-refractivity contribution in [2.24, 2.45) is 0 Å². The zero-order valence-corrected chi connectivity index (χ0v) is 20.9. The van der Waals surface area contributed by atoms with Gasteiger partial charge in [0.2, 0.25) is 0 Å². The molecule has 0 unspecified atom stereocenters. The molecule has 0 atom stereocenters. The van der Waals surface area contributed by atoms with E-state index in [1.54, 1.807) is 29.1 Å². The molecular weight excluding hydrogens is 471 g/mol. The molecule has 0 saturated heterocycles. The molecule has 7 nitrogen and oxygen atoms in total. The van der Waals surface area contributed by atoms with Gasteiger partial charge in [0.25, 0.3) is 17.2 Å². The molecule has 0 bridgehead atoms. The van der Waals surface area contributed by atoms with E-state index in [9.17, 15) is 18.8 Å². The Morgan fingerprint density at radius 3 is 1.95 bits per heavy atom. The van der Waals surface area contributed by atoms with Gasteiger partial charge in [-0.15, -0.1) is 0 Å². The summed E-state index contributed by atoms with van der Waals surface area (Å²) in [6.45, 7) is 7.62. The average molecular weight is 498 g/mol. The highest BCUT2D eigenvalue weighted by Gasteiger charge is 2.48. The Morgan fingerprint density at radius 1 is 0.784 bits per heavy atom. The molecule has 4 aromatic rings. The minimum atomic E-state index is -0.582. The summed E-state index contributed by atoms with van der Waals surface area (Å²) >= 11 is 0. The van der Waals surface area contributed by atoms with E-state index in [-0.39, 0.29) is 22.8 Å². The number of rotatable bonds is 5. The number of aryl methyl sites for hydroxylation is 2. The van der Waals surface area contributed by atoms with E-state index in [0.29, 0.717) is 17.1 Å². The standard InChI is InChI=1S/C29H25FN4O3/c1-17(2)25-23(28(36)34(31-25)22-11-7-20(30)8-12-22)24-26(32-15-13-19(4)14-16-32)29(37)33(27(24)35)21-9-5-18(3)6-10-21/h5-17H,1-4H3/p+1. The number of carbonyl (C=O) groups is 2. The molecule has 0 aliphatic carbocycles. The van der Waals surface area contributed by atoms with E-state index >= 15 is 0 Å². The summed E-state index contributed by atoms with van der Waals surface area (Å²) in [7, 11) is 0. The fourth-order valence-electron chi connectivity index (χ4n) is 4.45. The van der Waals surface area contributed by atoms with E-state index < -0.39 is 23.2 Å². The summed E-state index contributed by atoms with van der Waals surface area (Å²) in [5.41, 5.74) is 3.03. The quantitative estimate of drug-likeness (QED) is 0.330. The molecule has 0 saturated carbocycles. The van der Waals surface area contributed by atoms with Crippen molar-refractivity contribution in [3.8, 4) is 5.69 Å². The molecule has 1 aliphatic rings. The first-order chi connectivity index (χ1) is 17.7. The van der Waals surface area contributed by atoms with Crippen LogP contribution in [-0.2, 0) is 9.59 Å². The number of anilines is 1. The van der Waals surface area contributed by atoms with Crippen molar-refractivity contribution in [1.29, 1.82) is 0 Å². The van der Waals surface area contributed by atoms with Gasteiger partial charge in [0.05, 0.1) is 16.9 Å². The molecule has 8 heteroatoms. The Bertz CT molecular complexity index is 1610. The minimum absolute atomic E-state index is 0.0187. The van der Waals surface area contributed by atoms with E-state index in [1.165, 1.54) is 28.9 Å². The van der Waals surface area contributed by atoms with Crippen LogP contribution >= 0.6 is 0 Å². The number of aromatic nitrogens is 3. The molecule has 2 amide bonds. The monoisotopic (exact) mass is 497 g/mol. The van der Waals surface area contributed by atoms with E-state index in [2.05, 4.69) is 5.10 Å². The number of pyridine rings is 1. The summed E-state index contributed by atoms with van der Waals surface area (Å²) in [5.74, 6) is -1.72. The highest BCUT2D eigenvalue weighted by atomic mass is 19.1. The first-order valence-electron chi connectivity index (χ1n) is 12.0. The van der Waals surface area contributed by atoms with Crippen molar-refractivity contribution < 1.29 is 18.5 Å². The zero-order valence-electron chi connectivity index (χ0n) is 20.9. The maximum Gasteiger partial charge on any atom is 0.331 e. The van der Waals surface area contributed by atoms with Crippen LogP contribution < -0.4 is 15.0 Å². The number of hydrogen-bond acceptors (Lipinski definition) is 3. The highest BCUT2D eigenvalue weighted by molar-refractivity contribution is 6.53. The predicted molar refractivity (Wildman–Crippen MR) is 139 cm³/mol. The zero-order chi connectivity index (χ0) is 26.4. The number of H-pyrrole nitrogens is 1. The molecule has 0 spiro atoms. The second kappa shape index (κ2) is 9.13. The highest BCUT2D eigenvalue weighted by Crippen LogP contribution is 2.35. The maximum absolute atomic E-state index is 14.0. The van der Waals surface area contributed by atoms with Gasteiger partial charge in [-0.25, -0.2) is 14.0 Å². The lowest BCUT2D eigenvalue weighted by molar-refractivity contribution is -0.576. The Morgan fingerprint density at radius 2 is 1.35 bits per heavy atom. The number of halogens is 1. The summed E-state index contributed by atoms with van der Waals surface area (Å²) in [5, 5.41) is 3.10. The maximum atomic E-state index is 14.0. The van der Waals surface area contributed by atoms with Crippen molar-refractivity contribution in [2.75, 3.05) is 4.90 Å². The summed E-state index contributed by atoms with van der Waals surface area (Å²) in [6, 6.07) is 16.2. The molecular formula is C29H26FN4O3+. The van der Waals surface area contributed by atoms with Gasteiger partial charge < -0.3 is 0 Å². The van der Waals surface area contributed by atoms with Gasteiger partial charge in [-0.2, -0.15) is 4.57 Å². The Balaban J connectivity index is 1.79. The molecule has 3 heterocycles. The van der Waals surface area contributed by atoms with Crippen molar-refractivity contribution in [3.05, 3.63) is 112 Å². The number of aromatic amines is 1. The number of carbonyl (C=O) groups excluding carboxylic acids is 2. The number of nitrogens with one attached hydrogen (secondary N) is 1. The van der Waals surface area contributed by atoms with Gasteiger partial charge in [0, 0.05) is 17.8 Å². The number of benzene rings is 2. The third kappa shape index (κ3) is 4.10. The van der Waals surface area contributed by atoms with Crippen LogP contribution in [0.25, 0.3) is 17.0 Å². The van der Waals surface area contributed by atoms with Crippen LogP contribution in [0.3, 0.4) is 0 Å². The molecule has 37 heavy (non-hydrogen) atoms. The normalized spacial score (nSPS) is 13.8. The molecule has 0 radical (unpaired) electrons. The minimum Gasteiger partial charge on any atom is -0.294 e. The van der Waals surface area contributed by atoms with Crippen LogP contribution in [0, 0.1) is 19.7 Å². The van der Waals surface area contributed by atoms with E-state index in [1.807, 2.05) is 52.0 Å². The van der Waals surface area contributed by atoms with Crippen LogP contribution in [-0.4, -0.2) is 21.6 Å². The van der Waals surface area contributed by atoms with Crippen LogP contribution in [0.2, 0.25) is 0 Å². The van der Waals surface area contributed by atoms with Gasteiger partial charge in [0.15, 0.2) is 12.4 Å². The third-order valence-electron chi connectivity index (χ3n) is 6.44. The molecule has 1 aliphatic heterocycles. The number of hydrogen-bond donors (Lipinski definition) is 1. The topological polar surface area (TPSA) is 79.1 Å². The molecule has 1 N–H and O–H groups in total. The average Bonchev–Trinajstić information content (AvgIpc) is 3.34. The van der Waals surface area contributed by atoms with Crippen molar-refractivity contribution >= 4 is 28.8 Å². The van der Waals surface area contributed by atoms with E-state index in [4.69, 9.17) is 0 Å². The fourth-order valence-corrected chi connectivity index (χ4v) is 4.45. The van der Waals surface area contributed by atoms with Crippen molar-refractivity contribution in [1.82, 2.24) is 9.78 Å². The second-order valence-corrected chi connectivity index (χ2v) is 9.46. The lowest BCUT2D eigenvalue weighted by Gasteiger charge is -2.14. The molecule has 2 aromatic carbocycles. The lowest BCUT2D eigenvalue weighted by atomic mass is 9.98. The van der Waals surface area contributed by atoms with Crippen LogP contribution in [0.5, 0.6) is 0 Å². The Labute approximate surface area is 213 Å². The van der Waals surface area contributed by atoms with Gasteiger partial charge in [-0.05, 0) is 61.7 Å². The Kier molecular flexibility index (Phi) is 5.95. The SMILES string of the molecule is Cc1ccc(N2C(=O)C(c3c(C(C)C)[nH]n(-c4ccc(F)cc4)c3=O)=C([n+]3ccc(C)cc3)C2=O)cc1. The smallest absolute Gasteiger partial charge is 0.294 e. The van der Waals surface area contributed by atoms with Gasteiger partial charge in [-0.1, -0.05) is 31.5 Å². The third-order valence-corrected chi connectivity index (χ3v) is 6.44. The summed E-state index contributed by atoms with van der Waals surface area (Å²) < 4.78 is 16.4. The van der Waals surface area contributed by atoms with Gasteiger partial charge in [-0.3, -0.25) is 19.5 Å². The molecule has 0 fully saturated rings. The van der Waals surface area contributed by atoms with Crippen molar-refractivity contribution in [3.63, 3.8) is 0 Å². The van der Waals surface area contributed by atoms with Crippen molar-refractivity contribution in [2.45, 2.75) is 33.6 Å². The van der Waals surface area contributed by atoms with Gasteiger partial charge in [0.1, 0.15) is 11.4 Å². The van der Waals surface area contributed by atoms with Crippen LogP contribution in [0.1, 0.15) is 42.1 Å². The number of amides is 2. The van der Waals surface area contributed by atoms with Gasteiger partial charge >= 0.3 is 5.91 Å². The molecule has 2 aromatic heterocycles. The second-order valence-electron chi connectivity index (χ2n) is 9.46. The van der Waals surface area contributed by atoms with Crippen LogP contribution in [0.4, 0.5) is 10.1 Å². The first-order valence-corrected chi connectivity index (χ1v) is 12.0. The lowest BCUT2D eigenvalue weighted by Crippen LogP contribution is -2.39. The van der Waals surface area contributed by atoms with Crippen LogP contribution in [0.15, 0.2) is 77.9 Å². The number of nitrogens with zero attached hydrogens (tertiary/aromatic N) is 3. The largest absolute Gasteiger partial charge is 0.331 e. The first kappa shape index (κ1) is 24.1. The number of imide groups is 1. The fraction of sp³-hybridized carbons (Fsp3) is 0.172. The molecule has 186 valence electrons. The molecule has 5 rings (SSSR count). The summed E-state index contributed by atoms with van der Waals surface area (Å²) in [4.78, 5) is 42.8.